The third-order valence-corrected chi connectivity index (χ3v) is 2.10. The number of aromatic nitrogens is 1. The molecule has 1 unspecified atom stereocenters. The first-order valence-corrected chi connectivity index (χ1v) is 4.71. The van der Waals surface area contributed by atoms with E-state index in [0.29, 0.717) is 5.82 Å². The first-order valence-electron chi connectivity index (χ1n) is 4.71. The minimum Gasteiger partial charge on any atom is -0.354 e. The lowest BCUT2D eigenvalue weighted by Crippen LogP contribution is -2.25. The predicted octanol–water partition coefficient (Wildman–Crippen LogP) is 1.80. The van der Waals surface area contributed by atoms with E-state index in [2.05, 4.69) is 4.98 Å². The molecule has 1 aromatic rings. The molecule has 1 aromatic heterocycles. The highest BCUT2D eigenvalue weighted by atomic mass is 19.3. The lowest BCUT2D eigenvalue weighted by molar-refractivity contribution is 0.156. The molecule has 0 aliphatic rings. The normalized spacial score (nSPS) is 12.9. The van der Waals surface area contributed by atoms with Crippen LogP contribution in [0.15, 0.2) is 18.3 Å². The molecule has 0 aliphatic carbocycles. The topological polar surface area (TPSA) is 42.1 Å². The molecule has 0 amide bonds. The maximum absolute atomic E-state index is 12.1. The molecule has 0 aromatic carbocycles. The van der Waals surface area contributed by atoms with Crippen LogP contribution in [0.1, 0.15) is 18.5 Å². The summed E-state index contributed by atoms with van der Waals surface area (Å²) in [5.74, 6) is 0.519. The molecule has 0 saturated heterocycles. The van der Waals surface area contributed by atoms with Crippen molar-refractivity contribution in [2.24, 2.45) is 5.73 Å². The quantitative estimate of drug-likeness (QED) is 0.832. The van der Waals surface area contributed by atoms with E-state index in [9.17, 15) is 8.78 Å². The molecule has 1 atom stereocenters. The van der Waals surface area contributed by atoms with Crippen molar-refractivity contribution in [3.63, 3.8) is 0 Å². The van der Waals surface area contributed by atoms with Gasteiger partial charge in [-0.15, -0.1) is 0 Å². The highest BCUT2D eigenvalue weighted by Crippen LogP contribution is 2.16. The van der Waals surface area contributed by atoms with Crippen LogP contribution in [0.3, 0.4) is 0 Å². The Hall–Kier alpha value is -1.23. The average Bonchev–Trinajstić information content (AvgIpc) is 2.17. The lowest BCUT2D eigenvalue weighted by Gasteiger charge is -2.18. The van der Waals surface area contributed by atoms with E-state index in [0.717, 1.165) is 5.56 Å². The lowest BCUT2D eigenvalue weighted by atomic mass is 10.1. The van der Waals surface area contributed by atoms with Crippen LogP contribution in [0.4, 0.5) is 14.6 Å². The van der Waals surface area contributed by atoms with Crippen LogP contribution < -0.4 is 10.6 Å². The van der Waals surface area contributed by atoms with Crippen molar-refractivity contribution in [1.29, 1.82) is 0 Å². The molecule has 0 spiro atoms. The van der Waals surface area contributed by atoms with Gasteiger partial charge in [-0.2, -0.15) is 0 Å². The summed E-state index contributed by atoms with van der Waals surface area (Å²) in [6.45, 7) is 1.52. The number of rotatable bonds is 4. The first-order chi connectivity index (χ1) is 7.00. The summed E-state index contributed by atoms with van der Waals surface area (Å²) in [5, 5.41) is 0. The summed E-state index contributed by atoms with van der Waals surface area (Å²) >= 11 is 0. The highest BCUT2D eigenvalue weighted by Gasteiger charge is 2.10. The second-order valence-electron chi connectivity index (χ2n) is 3.51. The monoisotopic (exact) mass is 215 g/mol. The first kappa shape index (κ1) is 11.8. The van der Waals surface area contributed by atoms with Crippen LogP contribution in [-0.4, -0.2) is 25.0 Å². The van der Waals surface area contributed by atoms with Crippen molar-refractivity contribution in [2.75, 3.05) is 18.5 Å². The largest absolute Gasteiger partial charge is 0.354 e. The van der Waals surface area contributed by atoms with Crippen molar-refractivity contribution in [2.45, 2.75) is 19.4 Å². The molecule has 0 aliphatic heterocycles. The zero-order valence-corrected chi connectivity index (χ0v) is 8.82. The minimum absolute atomic E-state index is 0.119. The number of hydrogen-bond acceptors (Lipinski definition) is 3. The number of anilines is 1. The van der Waals surface area contributed by atoms with E-state index in [-0.39, 0.29) is 12.6 Å². The summed E-state index contributed by atoms with van der Waals surface area (Å²) in [5.41, 5.74) is 6.58. The van der Waals surface area contributed by atoms with Crippen molar-refractivity contribution in [1.82, 2.24) is 4.98 Å². The Morgan fingerprint density at radius 2 is 2.20 bits per heavy atom. The molecule has 84 valence electrons. The van der Waals surface area contributed by atoms with E-state index >= 15 is 0 Å². The molecule has 1 heterocycles. The summed E-state index contributed by atoms with van der Waals surface area (Å²) in [4.78, 5) is 5.43. The van der Waals surface area contributed by atoms with E-state index in [1.807, 2.05) is 6.92 Å². The van der Waals surface area contributed by atoms with Crippen LogP contribution in [-0.2, 0) is 0 Å². The SMILES string of the molecule is CC(N)c1ccnc(N(C)CC(F)F)c1. The van der Waals surface area contributed by atoms with Gasteiger partial charge in [0.2, 0.25) is 0 Å². The minimum atomic E-state index is -2.37. The number of alkyl halides is 2. The molecule has 3 nitrogen and oxygen atoms in total. The van der Waals surface area contributed by atoms with Crippen LogP contribution in [0, 0.1) is 0 Å². The molecule has 0 bridgehead atoms. The number of halogens is 2. The van der Waals surface area contributed by atoms with Crippen molar-refractivity contribution in [3.05, 3.63) is 23.9 Å². The molecular formula is C10H15F2N3. The number of pyridine rings is 1. The van der Waals surface area contributed by atoms with Gasteiger partial charge in [0.05, 0.1) is 6.54 Å². The third kappa shape index (κ3) is 3.43. The second kappa shape index (κ2) is 5.02. The molecule has 15 heavy (non-hydrogen) atoms. The number of nitrogens with two attached hydrogens (primary N) is 1. The van der Waals surface area contributed by atoms with Gasteiger partial charge in [-0.25, -0.2) is 13.8 Å². The second-order valence-corrected chi connectivity index (χ2v) is 3.51. The maximum Gasteiger partial charge on any atom is 0.255 e. The maximum atomic E-state index is 12.1. The van der Waals surface area contributed by atoms with Gasteiger partial charge < -0.3 is 10.6 Å². The average molecular weight is 215 g/mol. The van der Waals surface area contributed by atoms with Gasteiger partial charge in [-0.3, -0.25) is 0 Å². The zero-order valence-electron chi connectivity index (χ0n) is 8.82. The van der Waals surface area contributed by atoms with Gasteiger partial charge in [0.15, 0.2) is 0 Å². The molecular weight excluding hydrogens is 200 g/mol. The third-order valence-electron chi connectivity index (χ3n) is 2.10. The summed E-state index contributed by atoms with van der Waals surface area (Å²) in [6.07, 6.45) is -0.786. The van der Waals surface area contributed by atoms with Crippen LogP contribution in [0.5, 0.6) is 0 Å². The number of nitrogens with zero attached hydrogens (tertiary/aromatic N) is 2. The van der Waals surface area contributed by atoms with Crippen molar-refractivity contribution in [3.8, 4) is 0 Å². The van der Waals surface area contributed by atoms with Gasteiger partial charge in [0.25, 0.3) is 6.43 Å². The molecule has 2 N–H and O–H groups in total. The fourth-order valence-electron chi connectivity index (χ4n) is 1.23. The smallest absolute Gasteiger partial charge is 0.255 e. The van der Waals surface area contributed by atoms with E-state index in [1.165, 1.54) is 4.90 Å². The van der Waals surface area contributed by atoms with E-state index in [4.69, 9.17) is 5.73 Å². The van der Waals surface area contributed by atoms with Crippen molar-refractivity contribution < 1.29 is 8.78 Å². The highest BCUT2D eigenvalue weighted by molar-refractivity contribution is 5.40. The van der Waals surface area contributed by atoms with E-state index < -0.39 is 6.43 Å². The van der Waals surface area contributed by atoms with Gasteiger partial charge in [0.1, 0.15) is 5.82 Å². The van der Waals surface area contributed by atoms with Crippen LogP contribution in [0.2, 0.25) is 0 Å². The van der Waals surface area contributed by atoms with Gasteiger partial charge in [0, 0.05) is 19.3 Å². The van der Waals surface area contributed by atoms with Gasteiger partial charge in [-0.05, 0) is 24.6 Å². The molecule has 0 saturated carbocycles. The Morgan fingerprint density at radius 1 is 1.53 bits per heavy atom. The summed E-state index contributed by atoms with van der Waals surface area (Å²) in [6, 6.07) is 3.39. The molecule has 1 rings (SSSR count). The van der Waals surface area contributed by atoms with E-state index in [1.54, 1.807) is 25.4 Å². The Labute approximate surface area is 87.9 Å². The summed E-state index contributed by atoms with van der Waals surface area (Å²) < 4.78 is 24.3. The Bertz CT molecular complexity index is 315. The Balaban J connectivity index is 2.80. The fourth-order valence-corrected chi connectivity index (χ4v) is 1.23. The molecule has 0 fully saturated rings. The predicted molar refractivity (Wildman–Crippen MR) is 56.1 cm³/mol. The van der Waals surface area contributed by atoms with Gasteiger partial charge >= 0.3 is 0 Å². The fraction of sp³-hybridized carbons (Fsp3) is 0.500. The van der Waals surface area contributed by atoms with Crippen LogP contribution >= 0.6 is 0 Å². The van der Waals surface area contributed by atoms with Gasteiger partial charge in [-0.1, -0.05) is 0 Å². The number of hydrogen-bond donors (Lipinski definition) is 1. The van der Waals surface area contributed by atoms with Crippen molar-refractivity contribution >= 4 is 5.82 Å². The summed E-state index contributed by atoms with van der Waals surface area (Å²) in [7, 11) is 1.58. The molecule has 5 heteroatoms. The van der Waals surface area contributed by atoms with Crippen LogP contribution in [0.25, 0.3) is 0 Å². The zero-order chi connectivity index (χ0) is 11.4. The Morgan fingerprint density at radius 3 is 2.73 bits per heavy atom. The standard InChI is InChI=1S/C10H15F2N3/c1-7(13)8-3-4-14-10(5-8)15(2)6-9(11)12/h3-5,7,9H,6,13H2,1-2H3. The molecule has 0 radical (unpaired) electrons. The Kier molecular flexibility index (Phi) is 3.96.